The van der Waals surface area contributed by atoms with E-state index in [1.807, 2.05) is 15.9 Å². The predicted octanol–water partition coefficient (Wildman–Crippen LogP) is 3.52. The van der Waals surface area contributed by atoms with E-state index in [4.69, 9.17) is 0 Å². The van der Waals surface area contributed by atoms with E-state index in [1.165, 1.54) is 12.1 Å². The van der Waals surface area contributed by atoms with Crippen molar-refractivity contribution >= 4 is 11.9 Å². The van der Waals surface area contributed by atoms with Gasteiger partial charge in [-0.15, -0.1) is 0 Å². The van der Waals surface area contributed by atoms with Crippen LogP contribution in [0.1, 0.15) is 44.2 Å². The molecular formula is C21H30FN3O2. The summed E-state index contributed by atoms with van der Waals surface area (Å²) in [5.74, 6) is 0.322. The van der Waals surface area contributed by atoms with E-state index in [0.717, 1.165) is 24.8 Å². The number of nitrogens with zero attached hydrogens (tertiary/aromatic N) is 3. The number of amides is 3. The maximum atomic E-state index is 13.9. The molecule has 2 fully saturated rings. The number of benzene rings is 1. The highest BCUT2D eigenvalue weighted by Gasteiger charge is 2.50. The van der Waals surface area contributed by atoms with E-state index in [1.54, 1.807) is 25.1 Å². The third-order valence-electron chi connectivity index (χ3n) is 5.83. The Morgan fingerprint density at radius 1 is 1.19 bits per heavy atom. The summed E-state index contributed by atoms with van der Waals surface area (Å²) in [5, 5.41) is 0. The summed E-state index contributed by atoms with van der Waals surface area (Å²) in [4.78, 5) is 30.6. The Morgan fingerprint density at radius 2 is 1.96 bits per heavy atom. The summed E-state index contributed by atoms with van der Waals surface area (Å²) in [5.41, 5.74) is 0.818. The SMILES string of the molecule is CCCCCC(=O)N1C[C@@H]2CN(C(=O)N(C)C)[C@@H](c3cccc(F)c3)[C@@H]2C1. The number of carbonyl (C=O) groups is 2. The first kappa shape index (κ1) is 19.6. The normalized spacial score (nSPS) is 24.2. The van der Waals surface area contributed by atoms with Crippen molar-refractivity contribution in [2.45, 2.75) is 38.6 Å². The van der Waals surface area contributed by atoms with Gasteiger partial charge in [-0.1, -0.05) is 31.9 Å². The minimum atomic E-state index is -0.293. The number of urea groups is 1. The Labute approximate surface area is 161 Å². The summed E-state index contributed by atoms with van der Waals surface area (Å²) in [7, 11) is 3.48. The lowest BCUT2D eigenvalue weighted by Crippen LogP contribution is -2.42. The Balaban J connectivity index is 1.79. The van der Waals surface area contributed by atoms with Crippen LogP contribution in [0.25, 0.3) is 0 Å². The van der Waals surface area contributed by atoms with Gasteiger partial charge in [0.2, 0.25) is 5.91 Å². The highest BCUT2D eigenvalue weighted by Crippen LogP contribution is 2.45. The molecule has 2 saturated heterocycles. The molecule has 1 aromatic carbocycles. The molecule has 3 rings (SSSR count). The number of unbranched alkanes of at least 4 members (excludes halogenated alkanes) is 2. The van der Waals surface area contributed by atoms with Crippen LogP contribution >= 0.6 is 0 Å². The van der Waals surface area contributed by atoms with Gasteiger partial charge >= 0.3 is 6.03 Å². The van der Waals surface area contributed by atoms with Gasteiger partial charge in [0.05, 0.1) is 6.04 Å². The van der Waals surface area contributed by atoms with Crippen LogP contribution in [-0.4, -0.2) is 60.4 Å². The fourth-order valence-electron chi connectivity index (χ4n) is 4.50. The van der Waals surface area contributed by atoms with E-state index in [-0.39, 0.29) is 35.6 Å². The summed E-state index contributed by atoms with van der Waals surface area (Å²) in [6.45, 7) is 4.08. The monoisotopic (exact) mass is 375 g/mol. The molecule has 3 atom stereocenters. The van der Waals surface area contributed by atoms with Gasteiger partial charge in [-0.3, -0.25) is 4.79 Å². The van der Waals surface area contributed by atoms with Crippen LogP contribution < -0.4 is 0 Å². The van der Waals surface area contributed by atoms with Gasteiger partial charge in [-0.05, 0) is 24.1 Å². The molecule has 3 amide bonds. The largest absolute Gasteiger partial charge is 0.342 e. The van der Waals surface area contributed by atoms with Gasteiger partial charge in [0, 0.05) is 52.0 Å². The number of rotatable bonds is 5. The van der Waals surface area contributed by atoms with Crippen LogP contribution in [0.2, 0.25) is 0 Å². The minimum absolute atomic E-state index is 0.0560. The first-order valence-electron chi connectivity index (χ1n) is 9.93. The van der Waals surface area contributed by atoms with Crippen molar-refractivity contribution in [2.75, 3.05) is 33.7 Å². The average molecular weight is 375 g/mol. The maximum Gasteiger partial charge on any atom is 0.320 e. The second kappa shape index (κ2) is 8.28. The summed E-state index contributed by atoms with van der Waals surface area (Å²) < 4.78 is 13.9. The smallest absolute Gasteiger partial charge is 0.320 e. The second-order valence-corrected chi connectivity index (χ2v) is 8.01. The van der Waals surface area contributed by atoms with E-state index >= 15 is 0 Å². The van der Waals surface area contributed by atoms with E-state index in [9.17, 15) is 14.0 Å². The molecular weight excluding hydrogens is 345 g/mol. The van der Waals surface area contributed by atoms with Crippen molar-refractivity contribution in [3.8, 4) is 0 Å². The third kappa shape index (κ3) is 4.09. The standard InChI is InChI=1S/C21H30FN3O2/c1-4-5-6-10-19(26)24-12-16-13-25(21(27)23(2)3)20(18(16)14-24)15-8-7-9-17(22)11-15/h7-9,11,16,18,20H,4-6,10,12-14H2,1-3H3/t16-,18-,20+/m1/s1. The number of fused-ring (bicyclic) bond motifs is 1. The summed E-state index contributed by atoms with van der Waals surface area (Å²) >= 11 is 0. The molecule has 0 spiro atoms. The highest BCUT2D eigenvalue weighted by molar-refractivity contribution is 5.77. The molecule has 27 heavy (non-hydrogen) atoms. The zero-order valence-corrected chi connectivity index (χ0v) is 16.5. The second-order valence-electron chi connectivity index (χ2n) is 8.01. The lowest BCUT2D eigenvalue weighted by Gasteiger charge is -2.32. The van der Waals surface area contributed by atoms with Crippen molar-refractivity contribution in [1.29, 1.82) is 0 Å². The van der Waals surface area contributed by atoms with Crippen LogP contribution in [0, 0.1) is 17.7 Å². The van der Waals surface area contributed by atoms with E-state index < -0.39 is 0 Å². The molecule has 1 aromatic rings. The number of halogens is 1. The number of carbonyl (C=O) groups excluding carboxylic acids is 2. The fraction of sp³-hybridized carbons (Fsp3) is 0.619. The molecule has 0 radical (unpaired) electrons. The Kier molecular flexibility index (Phi) is 6.02. The zero-order chi connectivity index (χ0) is 19.6. The third-order valence-corrected chi connectivity index (χ3v) is 5.83. The maximum absolute atomic E-state index is 13.9. The zero-order valence-electron chi connectivity index (χ0n) is 16.5. The molecule has 2 aliphatic rings. The van der Waals surface area contributed by atoms with E-state index in [2.05, 4.69) is 6.92 Å². The molecule has 2 aliphatic heterocycles. The molecule has 6 heteroatoms. The molecule has 0 saturated carbocycles. The van der Waals surface area contributed by atoms with Gasteiger partial charge < -0.3 is 14.7 Å². The predicted molar refractivity (Wildman–Crippen MR) is 103 cm³/mol. The van der Waals surface area contributed by atoms with Crippen molar-refractivity contribution < 1.29 is 14.0 Å². The fourth-order valence-corrected chi connectivity index (χ4v) is 4.50. The molecule has 0 bridgehead atoms. The molecule has 148 valence electrons. The molecule has 5 nitrogen and oxygen atoms in total. The number of hydrogen-bond donors (Lipinski definition) is 0. The Hall–Kier alpha value is -2.11. The summed E-state index contributed by atoms with van der Waals surface area (Å²) in [6, 6.07) is 6.28. The first-order valence-corrected chi connectivity index (χ1v) is 9.93. The lowest BCUT2D eigenvalue weighted by atomic mass is 9.89. The number of likely N-dealkylation sites (tertiary alicyclic amines) is 2. The average Bonchev–Trinajstić information content (AvgIpc) is 3.18. The first-order chi connectivity index (χ1) is 12.9. The molecule has 2 heterocycles. The lowest BCUT2D eigenvalue weighted by molar-refractivity contribution is -0.130. The van der Waals surface area contributed by atoms with Crippen LogP contribution in [0.4, 0.5) is 9.18 Å². The van der Waals surface area contributed by atoms with Gasteiger partial charge in [-0.2, -0.15) is 0 Å². The van der Waals surface area contributed by atoms with Gasteiger partial charge in [0.15, 0.2) is 0 Å². The Morgan fingerprint density at radius 3 is 2.63 bits per heavy atom. The number of hydrogen-bond acceptors (Lipinski definition) is 2. The van der Waals surface area contributed by atoms with Crippen LogP contribution in [0.5, 0.6) is 0 Å². The minimum Gasteiger partial charge on any atom is -0.342 e. The van der Waals surface area contributed by atoms with Gasteiger partial charge in [-0.25, -0.2) is 9.18 Å². The quantitative estimate of drug-likeness (QED) is 0.739. The van der Waals surface area contributed by atoms with Crippen molar-refractivity contribution in [3.63, 3.8) is 0 Å². The molecule has 0 aromatic heterocycles. The van der Waals surface area contributed by atoms with Crippen molar-refractivity contribution in [1.82, 2.24) is 14.7 Å². The molecule has 0 aliphatic carbocycles. The van der Waals surface area contributed by atoms with Crippen molar-refractivity contribution in [3.05, 3.63) is 35.6 Å². The van der Waals surface area contributed by atoms with E-state index in [0.29, 0.717) is 26.1 Å². The molecule has 0 N–H and O–H groups in total. The van der Waals surface area contributed by atoms with Crippen molar-refractivity contribution in [2.24, 2.45) is 11.8 Å². The topological polar surface area (TPSA) is 43.9 Å². The van der Waals surface area contributed by atoms with Gasteiger partial charge in [0.25, 0.3) is 0 Å². The highest BCUT2D eigenvalue weighted by atomic mass is 19.1. The summed E-state index contributed by atoms with van der Waals surface area (Å²) in [6.07, 6.45) is 3.70. The van der Waals surface area contributed by atoms with Crippen LogP contribution in [-0.2, 0) is 4.79 Å². The molecule has 0 unspecified atom stereocenters. The van der Waals surface area contributed by atoms with Crippen LogP contribution in [0.15, 0.2) is 24.3 Å². The Bertz CT molecular complexity index is 694. The van der Waals surface area contributed by atoms with Crippen LogP contribution in [0.3, 0.4) is 0 Å². The van der Waals surface area contributed by atoms with Gasteiger partial charge in [0.1, 0.15) is 5.82 Å².